The molecular weight excluding hydrogens is 280 g/mol. The van der Waals surface area contributed by atoms with Gasteiger partial charge in [0.25, 0.3) is 0 Å². The molecule has 0 bridgehead atoms. The number of piperidine rings is 1. The molecule has 0 aliphatic carbocycles. The Balaban J connectivity index is 1.87. The molecule has 0 saturated carbocycles. The Hall–Kier alpha value is -1.20. The van der Waals surface area contributed by atoms with E-state index in [2.05, 4.69) is 42.4 Å². The highest BCUT2D eigenvalue weighted by Gasteiger charge is 2.29. The predicted molar refractivity (Wildman–Crippen MR) is 89.8 cm³/mol. The van der Waals surface area contributed by atoms with Gasteiger partial charge in [0, 0.05) is 19.6 Å². The SMILES string of the molecule is CNc1nc(CN2CC(C)CC(C)C2C)nc2sccc12. The van der Waals surface area contributed by atoms with Crippen LogP contribution in [0.3, 0.4) is 0 Å². The molecule has 1 fully saturated rings. The number of hydrogen-bond donors (Lipinski definition) is 1. The van der Waals surface area contributed by atoms with Crippen molar-refractivity contribution in [1.82, 2.24) is 14.9 Å². The van der Waals surface area contributed by atoms with Gasteiger partial charge in [-0.25, -0.2) is 9.97 Å². The molecule has 0 aromatic carbocycles. The minimum Gasteiger partial charge on any atom is -0.372 e. The summed E-state index contributed by atoms with van der Waals surface area (Å²) in [6.45, 7) is 9.03. The van der Waals surface area contributed by atoms with Crippen molar-refractivity contribution >= 4 is 27.4 Å². The molecule has 1 saturated heterocycles. The van der Waals surface area contributed by atoms with E-state index in [-0.39, 0.29) is 0 Å². The first-order valence-electron chi connectivity index (χ1n) is 7.74. The van der Waals surface area contributed by atoms with Crippen molar-refractivity contribution in [2.45, 2.75) is 39.8 Å². The molecule has 4 nitrogen and oxygen atoms in total. The van der Waals surface area contributed by atoms with Gasteiger partial charge in [-0.1, -0.05) is 13.8 Å². The Kier molecular flexibility index (Phi) is 4.13. The van der Waals surface area contributed by atoms with Gasteiger partial charge in [-0.15, -0.1) is 11.3 Å². The van der Waals surface area contributed by atoms with Gasteiger partial charge in [-0.3, -0.25) is 4.90 Å². The van der Waals surface area contributed by atoms with Crippen LogP contribution in [0, 0.1) is 11.8 Å². The zero-order valence-electron chi connectivity index (χ0n) is 13.3. The fourth-order valence-corrected chi connectivity index (χ4v) is 4.17. The molecule has 0 amide bonds. The van der Waals surface area contributed by atoms with Crippen LogP contribution >= 0.6 is 11.3 Å². The van der Waals surface area contributed by atoms with E-state index in [4.69, 9.17) is 9.97 Å². The number of rotatable bonds is 3. The summed E-state index contributed by atoms with van der Waals surface area (Å²) in [5, 5.41) is 6.41. The number of likely N-dealkylation sites (tertiary alicyclic amines) is 1. The number of hydrogen-bond acceptors (Lipinski definition) is 5. The van der Waals surface area contributed by atoms with Gasteiger partial charge >= 0.3 is 0 Å². The van der Waals surface area contributed by atoms with Crippen LogP contribution in [0.25, 0.3) is 10.2 Å². The number of aromatic nitrogens is 2. The van der Waals surface area contributed by atoms with E-state index in [9.17, 15) is 0 Å². The van der Waals surface area contributed by atoms with Crippen molar-refractivity contribution in [1.29, 1.82) is 0 Å². The van der Waals surface area contributed by atoms with Gasteiger partial charge in [0.1, 0.15) is 16.5 Å². The van der Waals surface area contributed by atoms with E-state index in [0.717, 1.165) is 46.8 Å². The summed E-state index contributed by atoms with van der Waals surface area (Å²) in [4.78, 5) is 13.1. The molecule has 3 rings (SSSR count). The minimum absolute atomic E-state index is 0.599. The van der Waals surface area contributed by atoms with Gasteiger partial charge in [-0.05, 0) is 36.6 Å². The zero-order chi connectivity index (χ0) is 15.0. The second-order valence-electron chi connectivity index (χ2n) is 6.37. The fourth-order valence-electron chi connectivity index (χ4n) is 3.38. The minimum atomic E-state index is 0.599. The topological polar surface area (TPSA) is 41.1 Å². The molecule has 0 spiro atoms. The molecule has 2 aromatic heterocycles. The van der Waals surface area contributed by atoms with Crippen LogP contribution < -0.4 is 5.32 Å². The van der Waals surface area contributed by atoms with E-state index < -0.39 is 0 Å². The van der Waals surface area contributed by atoms with E-state index in [1.165, 1.54) is 6.42 Å². The third-order valence-corrected chi connectivity index (χ3v) is 5.48. The third-order valence-electron chi connectivity index (χ3n) is 4.67. The first-order valence-corrected chi connectivity index (χ1v) is 8.62. The molecule has 0 radical (unpaired) electrons. The number of anilines is 1. The highest BCUT2D eigenvalue weighted by molar-refractivity contribution is 7.16. The van der Waals surface area contributed by atoms with Crippen LogP contribution in [-0.4, -0.2) is 34.5 Å². The Bertz CT molecular complexity index is 624. The smallest absolute Gasteiger partial charge is 0.146 e. The van der Waals surface area contributed by atoms with Crippen molar-refractivity contribution in [3.05, 3.63) is 17.3 Å². The van der Waals surface area contributed by atoms with Crippen molar-refractivity contribution in [3.63, 3.8) is 0 Å². The average molecular weight is 304 g/mol. The van der Waals surface area contributed by atoms with E-state index in [1.807, 2.05) is 7.05 Å². The lowest BCUT2D eigenvalue weighted by atomic mass is 9.86. The second-order valence-corrected chi connectivity index (χ2v) is 7.26. The molecule has 3 heterocycles. The first kappa shape index (κ1) is 14.7. The van der Waals surface area contributed by atoms with Crippen LogP contribution in [-0.2, 0) is 6.54 Å². The molecular formula is C16H24N4S. The van der Waals surface area contributed by atoms with Crippen molar-refractivity contribution in [3.8, 4) is 0 Å². The van der Waals surface area contributed by atoms with E-state index >= 15 is 0 Å². The lowest BCUT2D eigenvalue weighted by Crippen LogP contribution is -2.45. The molecule has 114 valence electrons. The van der Waals surface area contributed by atoms with Crippen molar-refractivity contribution in [2.75, 3.05) is 18.9 Å². The lowest BCUT2D eigenvalue weighted by Gasteiger charge is -2.40. The monoisotopic (exact) mass is 304 g/mol. The summed E-state index contributed by atoms with van der Waals surface area (Å²) >= 11 is 1.69. The maximum atomic E-state index is 4.75. The summed E-state index contributed by atoms with van der Waals surface area (Å²) in [6.07, 6.45) is 1.32. The van der Waals surface area contributed by atoms with Crippen molar-refractivity contribution < 1.29 is 0 Å². The first-order chi connectivity index (χ1) is 10.1. The quantitative estimate of drug-likeness (QED) is 0.940. The van der Waals surface area contributed by atoms with Crippen LogP contribution in [0.15, 0.2) is 11.4 Å². The highest BCUT2D eigenvalue weighted by Crippen LogP contribution is 2.29. The van der Waals surface area contributed by atoms with Gasteiger partial charge in [0.15, 0.2) is 0 Å². The van der Waals surface area contributed by atoms with Gasteiger partial charge in [0.05, 0.1) is 11.9 Å². The third kappa shape index (κ3) is 2.90. The standard InChI is InChI=1S/C16H24N4S/c1-10-7-11(2)12(3)20(8-10)9-14-18-15(17-4)13-5-6-21-16(13)19-14/h5-6,10-12H,7-9H2,1-4H3,(H,17,18,19). The van der Waals surface area contributed by atoms with Gasteiger partial charge in [-0.2, -0.15) is 0 Å². The largest absolute Gasteiger partial charge is 0.372 e. The van der Waals surface area contributed by atoms with Crippen LogP contribution in [0.4, 0.5) is 5.82 Å². The summed E-state index contributed by atoms with van der Waals surface area (Å²) in [5.41, 5.74) is 0. The highest BCUT2D eigenvalue weighted by atomic mass is 32.1. The number of thiophene rings is 1. The molecule has 2 aromatic rings. The zero-order valence-corrected chi connectivity index (χ0v) is 14.1. The predicted octanol–water partition coefficient (Wildman–Crippen LogP) is 3.60. The van der Waals surface area contributed by atoms with Crippen LogP contribution in [0.2, 0.25) is 0 Å². The average Bonchev–Trinajstić information content (AvgIpc) is 2.91. The summed E-state index contributed by atoms with van der Waals surface area (Å²) in [5.74, 6) is 3.37. The molecule has 1 aliphatic rings. The van der Waals surface area contributed by atoms with E-state index in [0.29, 0.717) is 6.04 Å². The summed E-state index contributed by atoms with van der Waals surface area (Å²) in [6, 6.07) is 2.69. The molecule has 1 aliphatic heterocycles. The normalized spacial score (nSPS) is 27.1. The molecule has 5 heteroatoms. The lowest BCUT2D eigenvalue weighted by molar-refractivity contribution is 0.0707. The number of fused-ring (bicyclic) bond motifs is 1. The Morgan fingerprint density at radius 3 is 2.90 bits per heavy atom. The van der Waals surface area contributed by atoms with Crippen molar-refractivity contribution in [2.24, 2.45) is 11.8 Å². The number of nitrogens with zero attached hydrogens (tertiary/aromatic N) is 3. The Labute approximate surface area is 130 Å². The molecule has 3 unspecified atom stereocenters. The maximum Gasteiger partial charge on any atom is 0.146 e. The molecule has 21 heavy (non-hydrogen) atoms. The van der Waals surface area contributed by atoms with Gasteiger partial charge in [0.2, 0.25) is 0 Å². The number of nitrogens with one attached hydrogen (secondary N) is 1. The van der Waals surface area contributed by atoms with E-state index in [1.54, 1.807) is 11.3 Å². The fraction of sp³-hybridized carbons (Fsp3) is 0.625. The van der Waals surface area contributed by atoms with Crippen LogP contribution in [0.1, 0.15) is 33.0 Å². The second kappa shape index (κ2) is 5.89. The Morgan fingerprint density at radius 2 is 2.14 bits per heavy atom. The summed E-state index contributed by atoms with van der Waals surface area (Å²) < 4.78 is 0. The van der Waals surface area contributed by atoms with Crippen LogP contribution in [0.5, 0.6) is 0 Å². The molecule has 1 N–H and O–H groups in total. The Morgan fingerprint density at radius 1 is 1.33 bits per heavy atom. The maximum absolute atomic E-state index is 4.75. The van der Waals surface area contributed by atoms with Gasteiger partial charge < -0.3 is 5.32 Å². The summed E-state index contributed by atoms with van der Waals surface area (Å²) in [7, 11) is 1.93. The molecule has 3 atom stereocenters.